The molecule has 1 aliphatic heterocycles. The van der Waals surface area contributed by atoms with Crippen LogP contribution in [0.1, 0.15) is 45.7 Å². The van der Waals surface area contributed by atoms with Crippen LogP contribution in [0.4, 0.5) is 10.1 Å². The van der Waals surface area contributed by atoms with Crippen LogP contribution >= 0.6 is 0 Å². The molecule has 156 valence electrons. The lowest BCUT2D eigenvalue weighted by molar-refractivity contribution is -0.119. The Bertz CT molecular complexity index is 842. The van der Waals surface area contributed by atoms with Crippen LogP contribution in [0.2, 0.25) is 0 Å². The Labute approximate surface area is 171 Å². The van der Waals surface area contributed by atoms with Crippen molar-refractivity contribution in [2.75, 3.05) is 18.0 Å². The Morgan fingerprint density at radius 2 is 2.00 bits per heavy atom. The lowest BCUT2D eigenvalue weighted by Gasteiger charge is -2.21. The second kappa shape index (κ2) is 9.11. The van der Waals surface area contributed by atoms with Gasteiger partial charge in [0.1, 0.15) is 11.9 Å². The Hall–Kier alpha value is -2.83. The smallest absolute Gasteiger partial charge is 0.217 e. The minimum absolute atomic E-state index is 0.0215. The summed E-state index contributed by atoms with van der Waals surface area (Å²) in [6, 6.07) is 9.29. The quantitative estimate of drug-likeness (QED) is 0.763. The standard InChI is InChI=1S/C22H28FN3O3/c1-14(2)28-22-11-21(20(23)12-24-22)26-10-9-19(13-26)29-18-7-5-17(6-8-18)15(3)25-16(4)27/h5-8,11-12,14-15,19H,9-10,13H2,1-4H3,(H,25,27)/t15-,19?/m0/s1. The molecule has 1 unspecified atom stereocenters. The maximum atomic E-state index is 14.3. The van der Waals surface area contributed by atoms with Crippen molar-refractivity contribution in [1.29, 1.82) is 0 Å². The van der Waals surface area contributed by atoms with E-state index in [1.165, 1.54) is 13.1 Å². The molecule has 2 heterocycles. The summed E-state index contributed by atoms with van der Waals surface area (Å²) >= 11 is 0. The molecule has 0 aliphatic carbocycles. The van der Waals surface area contributed by atoms with Crippen molar-refractivity contribution in [3.05, 3.63) is 47.9 Å². The first-order valence-corrected chi connectivity index (χ1v) is 9.92. The van der Waals surface area contributed by atoms with E-state index in [9.17, 15) is 9.18 Å². The lowest BCUT2D eigenvalue weighted by atomic mass is 10.1. The molecule has 29 heavy (non-hydrogen) atoms. The molecule has 0 spiro atoms. The highest BCUT2D eigenvalue weighted by Gasteiger charge is 2.26. The van der Waals surface area contributed by atoms with Gasteiger partial charge in [-0.15, -0.1) is 0 Å². The first-order valence-electron chi connectivity index (χ1n) is 9.92. The summed E-state index contributed by atoms with van der Waals surface area (Å²) in [5, 5.41) is 2.86. The monoisotopic (exact) mass is 401 g/mol. The number of hydrogen-bond donors (Lipinski definition) is 1. The Balaban J connectivity index is 1.61. The van der Waals surface area contributed by atoms with Crippen LogP contribution in [0.5, 0.6) is 11.6 Å². The van der Waals surface area contributed by atoms with Gasteiger partial charge in [-0.3, -0.25) is 4.79 Å². The van der Waals surface area contributed by atoms with Crippen LogP contribution in [0, 0.1) is 5.82 Å². The molecule has 0 saturated carbocycles. The van der Waals surface area contributed by atoms with Crippen LogP contribution in [0.25, 0.3) is 0 Å². The number of rotatable bonds is 7. The van der Waals surface area contributed by atoms with Crippen molar-refractivity contribution in [1.82, 2.24) is 10.3 Å². The Morgan fingerprint density at radius 3 is 2.66 bits per heavy atom. The highest BCUT2D eigenvalue weighted by molar-refractivity contribution is 5.73. The van der Waals surface area contributed by atoms with Crippen molar-refractivity contribution in [3.8, 4) is 11.6 Å². The summed E-state index contributed by atoms with van der Waals surface area (Å²) in [6.07, 6.45) is 1.95. The molecule has 0 radical (unpaired) electrons. The van der Waals surface area contributed by atoms with E-state index in [1.807, 2.05) is 49.9 Å². The van der Waals surface area contributed by atoms with Crippen molar-refractivity contribution < 1.29 is 18.7 Å². The topological polar surface area (TPSA) is 63.7 Å². The number of hydrogen-bond acceptors (Lipinski definition) is 5. The van der Waals surface area contributed by atoms with E-state index in [0.29, 0.717) is 24.7 Å². The van der Waals surface area contributed by atoms with Gasteiger partial charge in [0.25, 0.3) is 0 Å². The highest BCUT2D eigenvalue weighted by Crippen LogP contribution is 2.28. The Morgan fingerprint density at radius 1 is 1.28 bits per heavy atom. The molecule has 1 fully saturated rings. The molecule has 3 rings (SSSR count). The zero-order chi connectivity index (χ0) is 21.0. The van der Waals surface area contributed by atoms with Crippen LogP contribution in [0.3, 0.4) is 0 Å². The summed E-state index contributed by atoms with van der Waals surface area (Å²) in [5.74, 6) is 0.756. The molecule has 6 nitrogen and oxygen atoms in total. The average molecular weight is 401 g/mol. The molecular weight excluding hydrogens is 373 g/mol. The van der Waals surface area contributed by atoms with Gasteiger partial charge in [-0.1, -0.05) is 12.1 Å². The van der Waals surface area contributed by atoms with Gasteiger partial charge < -0.3 is 19.7 Å². The number of nitrogens with one attached hydrogen (secondary N) is 1. The van der Waals surface area contributed by atoms with Gasteiger partial charge >= 0.3 is 0 Å². The number of carbonyl (C=O) groups is 1. The zero-order valence-electron chi connectivity index (χ0n) is 17.3. The zero-order valence-corrected chi connectivity index (χ0v) is 17.3. The van der Waals surface area contributed by atoms with Crippen molar-refractivity contribution in [2.45, 2.75) is 52.4 Å². The second-order valence-electron chi connectivity index (χ2n) is 7.61. The van der Waals surface area contributed by atoms with Gasteiger partial charge in [0.05, 0.1) is 30.6 Å². The minimum Gasteiger partial charge on any atom is -0.489 e. The third kappa shape index (κ3) is 5.59. The predicted molar refractivity (Wildman–Crippen MR) is 110 cm³/mol. The van der Waals surface area contributed by atoms with E-state index >= 15 is 0 Å². The fraction of sp³-hybridized carbons (Fsp3) is 0.455. The Kier molecular flexibility index (Phi) is 6.56. The third-order valence-electron chi connectivity index (χ3n) is 4.75. The van der Waals surface area contributed by atoms with Crippen LogP contribution in [0.15, 0.2) is 36.5 Å². The van der Waals surface area contributed by atoms with Crippen LogP contribution < -0.4 is 19.7 Å². The number of benzene rings is 1. The number of anilines is 1. The van der Waals surface area contributed by atoms with E-state index in [0.717, 1.165) is 17.7 Å². The number of carbonyl (C=O) groups excluding carboxylic acids is 1. The SMILES string of the molecule is CC(=O)N[C@@H](C)c1ccc(OC2CCN(c3cc(OC(C)C)ncc3F)C2)cc1. The molecule has 1 aromatic heterocycles. The highest BCUT2D eigenvalue weighted by atomic mass is 19.1. The average Bonchev–Trinajstić information content (AvgIpc) is 3.11. The number of aromatic nitrogens is 1. The van der Waals surface area contributed by atoms with Gasteiger partial charge in [0.15, 0.2) is 5.82 Å². The number of ether oxygens (including phenoxy) is 2. The molecule has 1 amide bonds. The van der Waals surface area contributed by atoms with Gasteiger partial charge in [-0.2, -0.15) is 0 Å². The predicted octanol–water partition coefficient (Wildman–Crippen LogP) is 3.86. The molecule has 1 aliphatic rings. The largest absolute Gasteiger partial charge is 0.489 e. The molecule has 0 bridgehead atoms. The van der Waals surface area contributed by atoms with E-state index < -0.39 is 0 Å². The number of halogens is 1. The van der Waals surface area contributed by atoms with Crippen molar-refractivity contribution >= 4 is 11.6 Å². The third-order valence-corrected chi connectivity index (χ3v) is 4.75. The fourth-order valence-electron chi connectivity index (χ4n) is 3.42. The minimum atomic E-state index is -0.363. The summed E-state index contributed by atoms with van der Waals surface area (Å²) in [5.41, 5.74) is 1.50. The maximum Gasteiger partial charge on any atom is 0.217 e. The first-order chi connectivity index (χ1) is 13.8. The van der Waals surface area contributed by atoms with E-state index in [-0.39, 0.29) is 30.0 Å². The molecule has 7 heteroatoms. The van der Waals surface area contributed by atoms with Crippen molar-refractivity contribution in [3.63, 3.8) is 0 Å². The van der Waals surface area contributed by atoms with Gasteiger partial charge in [-0.05, 0) is 38.5 Å². The molecular formula is C22H28FN3O3. The number of amides is 1. The van der Waals surface area contributed by atoms with Crippen LogP contribution in [-0.4, -0.2) is 36.2 Å². The molecule has 1 saturated heterocycles. The van der Waals surface area contributed by atoms with Crippen LogP contribution in [-0.2, 0) is 4.79 Å². The summed E-state index contributed by atoms with van der Waals surface area (Å²) < 4.78 is 26.0. The van der Waals surface area contributed by atoms with E-state index in [4.69, 9.17) is 9.47 Å². The number of nitrogens with zero attached hydrogens (tertiary/aromatic N) is 2. The molecule has 1 N–H and O–H groups in total. The number of pyridine rings is 1. The van der Waals surface area contributed by atoms with E-state index in [1.54, 1.807) is 6.07 Å². The molecule has 2 atom stereocenters. The van der Waals surface area contributed by atoms with Gasteiger partial charge in [0.2, 0.25) is 11.8 Å². The fourth-order valence-corrected chi connectivity index (χ4v) is 3.42. The summed E-state index contributed by atoms with van der Waals surface area (Å²) in [7, 11) is 0. The van der Waals surface area contributed by atoms with E-state index in [2.05, 4.69) is 10.3 Å². The first kappa shape index (κ1) is 20.9. The van der Waals surface area contributed by atoms with Gasteiger partial charge in [-0.25, -0.2) is 9.37 Å². The normalized spacial score (nSPS) is 17.3. The maximum absolute atomic E-state index is 14.3. The van der Waals surface area contributed by atoms with Crippen molar-refractivity contribution in [2.24, 2.45) is 0 Å². The molecule has 1 aromatic carbocycles. The summed E-state index contributed by atoms with van der Waals surface area (Å²) in [6.45, 7) is 8.55. The molecule has 2 aromatic rings. The van der Waals surface area contributed by atoms with Gasteiger partial charge in [0, 0.05) is 26.0 Å². The summed E-state index contributed by atoms with van der Waals surface area (Å²) in [4.78, 5) is 17.1. The second-order valence-corrected chi connectivity index (χ2v) is 7.61. The lowest BCUT2D eigenvalue weighted by Crippen LogP contribution is -2.25.